The fourth-order valence-electron chi connectivity index (χ4n) is 1.18. The van der Waals surface area contributed by atoms with E-state index >= 15 is 0 Å². The van der Waals surface area contributed by atoms with Crippen LogP contribution in [0.1, 0.15) is 16.2 Å². The molecule has 6 heteroatoms. The number of rotatable bonds is 1. The minimum Gasteiger partial charge on any atom is -0.477 e. The molecule has 68 valence electrons. The number of nitrogens with zero attached hydrogens (tertiary/aromatic N) is 2. The Morgan fingerprint density at radius 1 is 1.77 bits per heavy atom. The van der Waals surface area contributed by atoms with E-state index in [1.54, 1.807) is 17.5 Å². The minimum absolute atomic E-state index is 0.233. The Hall–Kier alpha value is -0.880. The largest absolute Gasteiger partial charge is 0.477 e. The molecule has 13 heavy (non-hydrogen) atoms. The van der Waals surface area contributed by atoms with Gasteiger partial charge in [0.15, 0.2) is 10.7 Å². The molecule has 0 bridgehead atoms. The van der Waals surface area contributed by atoms with Crippen LogP contribution in [-0.2, 0) is 0 Å². The Labute approximate surface area is 86.0 Å². The third kappa shape index (κ3) is 1.26. The van der Waals surface area contributed by atoms with Crippen LogP contribution in [0.5, 0.6) is 0 Å². The van der Waals surface area contributed by atoms with Crippen molar-refractivity contribution < 1.29 is 9.90 Å². The van der Waals surface area contributed by atoms with Crippen LogP contribution < -0.4 is 0 Å². The Balaban J connectivity index is 2.83. The van der Waals surface area contributed by atoms with E-state index in [9.17, 15) is 4.79 Å². The normalized spacial score (nSPS) is 10.9. The summed E-state index contributed by atoms with van der Waals surface area (Å²) in [7, 11) is 0. The van der Waals surface area contributed by atoms with Crippen molar-refractivity contribution in [2.45, 2.75) is 6.92 Å². The predicted molar refractivity (Wildman–Crippen MR) is 52.5 cm³/mol. The van der Waals surface area contributed by atoms with Crippen LogP contribution in [0.15, 0.2) is 9.98 Å². The van der Waals surface area contributed by atoms with Crippen molar-refractivity contribution >= 4 is 38.2 Å². The summed E-state index contributed by atoms with van der Waals surface area (Å²) in [5.41, 5.74) is 0.781. The van der Waals surface area contributed by atoms with Crippen molar-refractivity contribution in [3.05, 3.63) is 21.4 Å². The lowest BCUT2D eigenvalue weighted by Gasteiger charge is -1.91. The summed E-state index contributed by atoms with van der Waals surface area (Å²) >= 11 is 4.69. The molecular formula is C7H5BrN2O2S. The van der Waals surface area contributed by atoms with Gasteiger partial charge in [-0.2, -0.15) is 0 Å². The quantitative estimate of drug-likeness (QED) is 0.855. The van der Waals surface area contributed by atoms with Gasteiger partial charge >= 0.3 is 5.97 Å². The van der Waals surface area contributed by atoms with E-state index in [1.807, 2.05) is 0 Å². The molecule has 0 amide bonds. The number of thiazole rings is 1. The number of hydrogen-bond acceptors (Lipinski definition) is 3. The first-order chi connectivity index (χ1) is 6.09. The first-order valence-electron chi connectivity index (χ1n) is 3.47. The van der Waals surface area contributed by atoms with Crippen LogP contribution in [-0.4, -0.2) is 20.5 Å². The number of hydrogen-bond donors (Lipinski definition) is 1. The smallest absolute Gasteiger partial charge is 0.354 e. The van der Waals surface area contributed by atoms with E-state index < -0.39 is 5.97 Å². The zero-order chi connectivity index (χ0) is 9.59. The number of carboxylic acid groups (broad SMARTS) is 1. The number of aromatic nitrogens is 2. The maximum Gasteiger partial charge on any atom is 0.354 e. The molecule has 4 nitrogen and oxygen atoms in total. The number of carboxylic acids is 1. The van der Waals surface area contributed by atoms with Gasteiger partial charge in [-0.25, -0.2) is 9.78 Å². The lowest BCUT2D eigenvalue weighted by molar-refractivity contribution is 0.0688. The third-order valence-electron chi connectivity index (χ3n) is 1.68. The Kier molecular flexibility index (Phi) is 1.88. The second-order valence-electron chi connectivity index (χ2n) is 2.54. The zero-order valence-corrected chi connectivity index (χ0v) is 9.02. The fourth-order valence-corrected chi connectivity index (χ4v) is 2.58. The van der Waals surface area contributed by atoms with Crippen molar-refractivity contribution in [2.75, 3.05) is 0 Å². The summed E-state index contributed by atoms with van der Waals surface area (Å²) in [4.78, 5) is 15.7. The highest BCUT2D eigenvalue weighted by Crippen LogP contribution is 2.25. The van der Waals surface area contributed by atoms with Crippen LogP contribution in [0, 0.1) is 6.92 Å². The molecule has 0 aromatic carbocycles. The molecule has 2 aromatic rings. The molecule has 1 N–H and O–H groups in total. The second-order valence-corrected chi connectivity index (χ2v) is 4.93. The van der Waals surface area contributed by atoms with Crippen molar-refractivity contribution in [3.63, 3.8) is 0 Å². The standard InChI is InChI=1S/C7H5BrN2O2S/c1-3-5(6(11)12)10-2-4(8)13-7(10)9-3/h2H,1H3,(H,11,12). The van der Waals surface area contributed by atoms with Gasteiger partial charge in [-0.05, 0) is 22.9 Å². The van der Waals surface area contributed by atoms with Crippen LogP contribution in [0.3, 0.4) is 0 Å². The minimum atomic E-state index is -0.949. The zero-order valence-electron chi connectivity index (χ0n) is 6.61. The number of aromatic carboxylic acids is 1. The third-order valence-corrected chi connectivity index (χ3v) is 3.14. The molecule has 0 radical (unpaired) electrons. The van der Waals surface area contributed by atoms with Crippen LogP contribution >= 0.6 is 27.3 Å². The molecule has 0 saturated heterocycles. The molecule has 2 aromatic heterocycles. The van der Waals surface area contributed by atoms with Gasteiger partial charge in [0.25, 0.3) is 0 Å². The van der Waals surface area contributed by atoms with E-state index in [0.29, 0.717) is 10.7 Å². The lowest BCUT2D eigenvalue weighted by atomic mass is 10.3. The van der Waals surface area contributed by atoms with Crippen molar-refractivity contribution in [1.82, 2.24) is 9.38 Å². The summed E-state index contributed by atoms with van der Waals surface area (Å²) in [6.45, 7) is 1.69. The summed E-state index contributed by atoms with van der Waals surface area (Å²) in [5, 5.41) is 8.89. The molecule has 2 heterocycles. The number of aryl methyl sites for hydroxylation is 1. The van der Waals surface area contributed by atoms with Crippen LogP contribution in [0.25, 0.3) is 4.96 Å². The average Bonchev–Trinajstić information content (AvgIpc) is 2.41. The Morgan fingerprint density at radius 3 is 3.08 bits per heavy atom. The topological polar surface area (TPSA) is 54.6 Å². The van der Waals surface area contributed by atoms with Crippen molar-refractivity contribution in [3.8, 4) is 0 Å². The molecule has 0 spiro atoms. The summed E-state index contributed by atoms with van der Waals surface area (Å²) < 4.78 is 2.45. The summed E-state index contributed by atoms with van der Waals surface area (Å²) in [6.07, 6.45) is 1.71. The number of fused-ring (bicyclic) bond motifs is 1. The Morgan fingerprint density at radius 2 is 2.46 bits per heavy atom. The van der Waals surface area contributed by atoms with Gasteiger partial charge in [-0.15, -0.1) is 0 Å². The monoisotopic (exact) mass is 260 g/mol. The van der Waals surface area contributed by atoms with Gasteiger partial charge in [0.2, 0.25) is 0 Å². The SMILES string of the molecule is Cc1nc2sc(Br)cn2c1C(=O)O. The lowest BCUT2D eigenvalue weighted by Crippen LogP contribution is -2.02. The Bertz CT molecular complexity index is 488. The maximum absolute atomic E-state index is 10.8. The van der Waals surface area contributed by atoms with Gasteiger partial charge < -0.3 is 5.11 Å². The number of halogens is 1. The molecule has 0 atom stereocenters. The molecular weight excluding hydrogens is 256 g/mol. The summed E-state index contributed by atoms with van der Waals surface area (Å²) in [6, 6.07) is 0. The van der Waals surface area contributed by atoms with Crippen molar-refractivity contribution in [2.24, 2.45) is 0 Å². The van der Waals surface area contributed by atoms with E-state index in [0.717, 1.165) is 3.79 Å². The molecule has 0 aliphatic carbocycles. The van der Waals surface area contributed by atoms with E-state index in [-0.39, 0.29) is 5.69 Å². The van der Waals surface area contributed by atoms with Gasteiger partial charge in [0, 0.05) is 6.20 Å². The molecule has 0 saturated carbocycles. The molecule has 0 aliphatic rings. The van der Waals surface area contributed by atoms with Gasteiger partial charge in [-0.1, -0.05) is 11.3 Å². The molecule has 0 fully saturated rings. The van der Waals surface area contributed by atoms with Gasteiger partial charge in [-0.3, -0.25) is 4.40 Å². The molecule has 0 aliphatic heterocycles. The van der Waals surface area contributed by atoms with Crippen molar-refractivity contribution in [1.29, 1.82) is 0 Å². The first-order valence-corrected chi connectivity index (χ1v) is 5.08. The molecule has 0 unspecified atom stereocenters. The van der Waals surface area contributed by atoms with Crippen LogP contribution in [0.4, 0.5) is 0 Å². The van der Waals surface area contributed by atoms with E-state index in [2.05, 4.69) is 20.9 Å². The highest BCUT2D eigenvalue weighted by atomic mass is 79.9. The van der Waals surface area contributed by atoms with E-state index in [4.69, 9.17) is 5.11 Å². The number of imidazole rings is 1. The highest BCUT2D eigenvalue weighted by Gasteiger charge is 2.16. The van der Waals surface area contributed by atoms with Gasteiger partial charge in [0.1, 0.15) is 0 Å². The van der Waals surface area contributed by atoms with Crippen LogP contribution in [0.2, 0.25) is 0 Å². The predicted octanol–water partition coefficient (Wildman–Crippen LogP) is 2.16. The summed E-state index contributed by atoms with van der Waals surface area (Å²) in [5.74, 6) is -0.949. The van der Waals surface area contributed by atoms with Gasteiger partial charge in [0.05, 0.1) is 9.48 Å². The maximum atomic E-state index is 10.8. The fraction of sp³-hybridized carbons (Fsp3) is 0.143. The van der Waals surface area contributed by atoms with E-state index in [1.165, 1.54) is 11.3 Å². The average molecular weight is 261 g/mol. The second kappa shape index (κ2) is 2.81. The number of carbonyl (C=O) groups is 1. The molecule has 2 rings (SSSR count). The first kappa shape index (κ1) is 8.71. The highest BCUT2D eigenvalue weighted by molar-refractivity contribution is 9.11.